The van der Waals surface area contributed by atoms with E-state index >= 15 is 0 Å². The van der Waals surface area contributed by atoms with Gasteiger partial charge in [0, 0.05) is 24.1 Å². The van der Waals surface area contributed by atoms with E-state index < -0.39 is 0 Å². The molecule has 104 valence electrons. The Labute approximate surface area is 121 Å². The molecule has 0 aliphatic carbocycles. The Kier molecular flexibility index (Phi) is 4.41. The fourth-order valence-electron chi connectivity index (χ4n) is 1.61. The molecule has 1 aromatic heterocycles. The maximum absolute atomic E-state index is 11.9. The number of aryl methyl sites for hydroxylation is 1. The van der Waals surface area contributed by atoms with Crippen LogP contribution >= 0.6 is 12.2 Å². The fourth-order valence-corrected chi connectivity index (χ4v) is 1.75. The van der Waals surface area contributed by atoms with Crippen LogP contribution in [0.2, 0.25) is 0 Å². The van der Waals surface area contributed by atoms with Crippen LogP contribution < -0.4 is 11.1 Å². The van der Waals surface area contributed by atoms with Gasteiger partial charge in [-0.15, -0.1) is 0 Å². The molecule has 0 saturated carbocycles. The second-order valence-electron chi connectivity index (χ2n) is 4.18. The topological polar surface area (TPSA) is 94.0 Å². The molecule has 0 bridgehead atoms. The molecule has 7 heteroatoms. The lowest BCUT2D eigenvalue weighted by molar-refractivity contribution is 0.0953. The highest BCUT2D eigenvalue weighted by molar-refractivity contribution is 7.80. The van der Waals surface area contributed by atoms with Crippen molar-refractivity contribution >= 4 is 23.1 Å². The first-order valence-corrected chi connectivity index (χ1v) is 6.44. The maximum Gasteiger partial charge on any atom is 0.251 e. The third-order valence-corrected chi connectivity index (χ3v) is 2.86. The first-order valence-electron chi connectivity index (χ1n) is 6.03. The van der Waals surface area contributed by atoms with Gasteiger partial charge in [-0.1, -0.05) is 29.5 Å². The highest BCUT2D eigenvalue weighted by atomic mass is 32.1. The summed E-state index contributed by atoms with van der Waals surface area (Å²) in [6, 6.07) is 6.80. The lowest BCUT2D eigenvalue weighted by Gasteiger charge is -2.04. The molecule has 3 N–H and O–H groups in total. The molecule has 1 aromatic carbocycles. The first kappa shape index (κ1) is 14.1. The van der Waals surface area contributed by atoms with E-state index in [9.17, 15) is 4.79 Å². The quantitative estimate of drug-likeness (QED) is 0.797. The Morgan fingerprint density at radius 2 is 2.00 bits per heavy atom. The first-order chi connectivity index (χ1) is 9.56. The minimum atomic E-state index is -0.171. The smallest absolute Gasteiger partial charge is 0.251 e. The van der Waals surface area contributed by atoms with Crippen molar-refractivity contribution in [3.63, 3.8) is 0 Å². The molecule has 0 aliphatic rings. The molecule has 2 aromatic rings. The van der Waals surface area contributed by atoms with Crippen molar-refractivity contribution in [2.75, 3.05) is 6.54 Å². The van der Waals surface area contributed by atoms with Gasteiger partial charge in [0.2, 0.25) is 5.89 Å². The monoisotopic (exact) mass is 290 g/mol. The number of carbonyl (C=O) groups is 1. The Balaban J connectivity index is 1.86. The van der Waals surface area contributed by atoms with Crippen LogP contribution in [0.5, 0.6) is 0 Å². The number of hydrogen-bond donors (Lipinski definition) is 2. The molecule has 0 atom stereocenters. The highest BCUT2D eigenvalue weighted by Gasteiger charge is 2.07. The molecule has 0 spiro atoms. The molecule has 0 unspecified atom stereocenters. The lowest BCUT2D eigenvalue weighted by Crippen LogP contribution is -2.25. The van der Waals surface area contributed by atoms with Gasteiger partial charge in [-0.3, -0.25) is 4.79 Å². The van der Waals surface area contributed by atoms with Gasteiger partial charge in [-0.25, -0.2) is 0 Å². The SMILES string of the molecule is Cc1noc(CCNC(=O)c2ccc(C(N)=S)cc2)n1. The molecular weight excluding hydrogens is 276 g/mol. The van der Waals surface area contributed by atoms with Crippen molar-refractivity contribution in [2.45, 2.75) is 13.3 Å². The fraction of sp³-hybridized carbons (Fsp3) is 0.231. The van der Waals surface area contributed by atoms with Crippen molar-refractivity contribution in [2.24, 2.45) is 5.73 Å². The summed E-state index contributed by atoms with van der Waals surface area (Å²) < 4.78 is 4.95. The van der Waals surface area contributed by atoms with Crippen molar-refractivity contribution in [1.82, 2.24) is 15.5 Å². The van der Waals surface area contributed by atoms with Crippen molar-refractivity contribution in [3.05, 3.63) is 47.1 Å². The summed E-state index contributed by atoms with van der Waals surface area (Å²) in [7, 11) is 0. The number of benzene rings is 1. The van der Waals surface area contributed by atoms with Gasteiger partial charge in [0.25, 0.3) is 5.91 Å². The van der Waals surface area contributed by atoms with Crippen LogP contribution in [-0.4, -0.2) is 27.6 Å². The lowest BCUT2D eigenvalue weighted by atomic mass is 10.1. The van der Waals surface area contributed by atoms with E-state index in [-0.39, 0.29) is 5.91 Å². The van der Waals surface area contributed by atoms with Crippen molar-refractivity contribution < 1.29 is 9.32 Å². The molecule has 2 rings (SSSR count). The van der Waals surface area contributed by atoms with Crippen molar-refractivity contribution in [1.29, 1.82) is 0 Å². The molecule has 0 saturated heterocycles. The van der Waals surface area contributed by atoms with Gasteiger partial charge >= 0.3 is 0 Å². The van der Waals surface area contributed by atoms with E-state index in [1.165, 1.54) is 0 Å². The summed E-state index contributed by atoms with van der Waals surface area (Å²) >= 11 is 4.85. The number of nitrogens with one attached hydrogen (secondary N) is 1. The number of rotatable bonds is 5. The van der Waals surface area contributed by atoms with Crippen LogP contribution in [0, 0.1) is 6.92 Å². The molecule has 6 nitrogen and oxygen atoms in total. The zero-order valence-electron chi connectivity index (χ0n) is 10.9. The third-order valence-electron chi connectivity index (χ3n) is 2.63. The number of nitrogens with zero attached hydrogens (tertiary/aromatic N) is 2. The van der Waals surface area contributed by atoms with Gasteiger partial charge in [-0.05, 0) is 19.1 Å². The predicted molar refractivity (Wildman–Crippen MR) is 77.4 cm³/mol. The number of carbonyl (C=O) groups excluding carboxylic acids is 1. The Bertz CT molecular complexity index is 622. The van der Waals surface area contributed by atoms with Gasteiger partial charge in [0.15, 0.2) is 5.82 Å². The van der Waals surface area contributed by atoms with Crippen LogP contribution in [0.4, 0.5) is 0 Å². The van der Waals surface area contributed by atoms with Crippen LogP contribution in [-0.2, 0) is 6.42 Å². The molecule has 20 heavy (non-hydrogen) atoms. The Hall–Kier alpha value is -2.28. The number of amides is 1. The second-order valence-corrected chi connectivity index (χ2v) is 4.62. The number of hydrogen-bond acceptors (Lipinski definition) is 5. The summed E-state index contributed by atoms with van der Waals surface area (Å²) in [5, 5.41) is 6.45. The third kappa shape index (κ3) is 3.61. The van der Waals surface area contributed by atoms with E-state index in [0.717, 1.165) is 5.56 Å². The Morgan fingerprint density at radius 1 is 1.35 bits per heavy atom. The predicted octanol–water partition coefficient (Wildman–Crippen LogP) is 0.985. The summed E-state index contributed by atoms with van der Waals surface area (Å²) in [5.74, 6) is 0.919. The molecule has 1 heterocycles. The van der Waals surface area contributed by atoms with E-state index in [4.69, 9.17) is 22.5 Å². The summed E-state index contributed by atoms with van der Waals surface area (Å²) in [5.41, 5.74) is 6.78. The van der Waals surface area contributed by atoms with Crippen molar-refractivity contribution in [3.8, 4) is 0 Å². The largest absolute Gasteiger partial charge is 0.389 e. The van der Waals surface area contributed by atoms with Crippen LogP contribution in [0.3, 0.4) is 0 Å². The average Bonchev–Trinajstić information content (AvgIpc) is 2.84. The zero-order valence-corrected chi connectivity index (χ0v) is 11.7. The normalized spacial score (nSPS) is 10.2. The van der Waals surface area contributed by atoms with Gasteiger partial charge in [0.05, 0.1) is 0 Å². The molecule has 0 fully saturated rings. The van der Waals surface area contributed by atoms with Crippen LogP contribution in [0.15, 0.2) is 28.8 Å². The maximum atomic E-state index is 11.9. The Morgan fingerprint density at radius 3 is 2.55 bits per heavy atom. The zero-order chi connectivity index (χ0) is 14.5. The molecule has 0 radical (unpaired) electrons. The summed E-state index contributed by atoms with van der Waals surface area (Å²) in [6.45, 7) is 2.17. The van der Waals surface area contributed by atoms with E-state index in [0.29, 0.717) is 35.2 Å². The van der Waals surface area contributed by atoms with Crippen LogP contribution in [0.1, 0.15) is 27.6 Å². The second kappa shape index (κ2) is 6.25. The summed E-state index contributed by atoms with van der Waals surface area (Å²) in [6.07, 6.45) is 0.498. The van der Waals surface area contributed by atoms with Gasteiger partial charge < -0.3 is 15.6 Å². The average molecular weight is 290 g/mol. The van der Waals surface area contributed by atoms with E-state index in [1.54, 1.807) is 31.2 Å². The number of nitrogens with two attached hydrogens (primary N) is 1. The van der Waals surface area contributed by atoms with E-state index in [1.807, 2.05) is 0 Å². The number of aromatic nitrogens is 2. The van der Waals surface area contributed by atoms with Crippen LogP contribution in [0.25, 0.3) is 0 Å². The molecule has 0 aliphatic heterocycles. The standard InChI is InChI=1S/C13H14N4O2S/c1-8-16-11(19-17-8)6-7-15-13(18)10-4-2-9(3-5-10)12(14)20/h2-5H,6-7H2,1H3,(H2,14,20)(H,15,18). The minimum Gasteiger partial charge on any atom is -0.389 e. The molecular formula is C13H14N4O2S. The number of thiocarbonyl (C=S) groups is 1. The molecule has 1 amide bonds. The van der Waals surface area contributed by atoms with Gasteiger partial charge in [-0.2, -0.15) is 4.98 Å². The van der Waals surface area contributed by atoms with Gasteiger partial charge in [0.1, 0.15) is 4.99 Å². The highest BCUT2D eigenvalue weighted by Crippen LogP contribution is 2.04. The van der Waals surface area contributed by atoms with E-state index in [2.05, 4.69) is 15.5 Å². The minimum absolute atomic E-state index is 0.171. The summed E-state index contributed by atoms with van der Waals surface area (Å²) in [4.78, 5) is 16.2.